The van der Waals surface area contributed by atoms with E-state index < -0.39 is 23.1 Å². The molecule has 1 unspecified atom stereocenters. The zero-order chi connectivity index (χ0) is 21.5. The normalized spacial score (nSPS) is 24.3. The summed E-state index contributed by atoms with van der Waals surface area (Å²) in [6, 6.07) is 2.29. The van der Waals surface area contributed by atoms with Crippen LogP contribution in [-0.4, -0.2) is 32.9 Å². The molecule has 0 saturated heterocycles. The van der Waals surface area contributed by atoms with Crippen LogP contribution >= 0.6 is 11.8 Å². The van der Waals surface area contributed by atoms with Crippen molar-refractivity contribution in [3.8, 4) is 18.2 Å². The van der Waals surface area contributed by atoms with Crippen molar-refractivity contribution in [1.82, 2.24) is 9.97 Å². The first kappa shape index (κ1) is 20.1. The van der Waals surface area contributed by atoms with Crippen LogP contribution in [0.4, 0.5) is 14.5 Å². The molecule has 10 heteroatoms. The van der Waals surface area contributed by atoms with E-state index in [0.717, 1.165) is 12.5 Å². The predicted octanol–water partition coefficient (Wildman–Crippen LogP) is 2.68. The summed E-state index contributed by atoms with van der Waals surface area (Å²) in [6.07, 6.45) is 8.35. The Hall–Kier alpha value is -3.19. The SMILES string of the molecule is C#CCOc1cnc(C(=O)Nc2cc(F)c(F)c([C@@]3(C)N=C(N)SC4C[C@H]43)c2)cn1. The van der Waals surface area contributed by atoms with Crippen LogP contribution in [0.5, 0.6) is 5.88 Å². The number of nitrogens with one attached hydrogen (secondary N) is 1. The fourth-order valence-electron chi connectivity index (χ4n) is 3.49. The fourth-order valence-corrected chi connectivity index (χ4v) is 4.78. The van der Waals surface area contributed by atoms with Crippen LogP contribution in [0, 0.1) is 29.9 Å². The van der Waals surface area contributed by atoms with Crippen LogP contribution in [0.1, 0.15) is 29.4 Å². The number of hydrogen-bond acceptors (Lipinski definition) is 7. The van der Waals surface area contributed by atoms with E-state index in [0.29, 0.717) is 5.17 Å². The Balaban J connectivity index is 1.59. The summed E-state index contributed by atoms with van der Waals surface area (Å²) in [5, 5.41) is 3.09. The number of carbonyl (C=O) groups excluding carboxylic acids is 1. The molecule has 7 nitrogen and oxygen atoms in total. The summed E-state index contributed by atoms with van der Waals surface area (Å²) < 4.78 is 34.1. The Bertz CT molecular complexity index is 1090. The molecule has 30 heavy (non-hydrogen) atoms. The Morgan fingerprint density at radius 1 is 1.43 bits per heavy atom. The number of aliphatic imine (C=N–C) groups is 1. The number of amidine groups is 1. The molecule has 2 heterocycles. The van der Waals surface area contributed by atoms with E-state index in [4.69, 9.17) is 16.9 Å². The number of anilines is 1. The number of nitrogens with two attached hydrogens (primary N) is 1. The molecule has 0 bridgehead atoms. The monoisotopic (exact) mass is 429 g/mol. The highest BCUT2D eigenvalue weighted by Gasteiger charge is 2.56. The van der Waals surface area contributed by atoms with Crippen molar-refractivity contribution in [2.45, 2.75) is 24.1 Å². The average molecular weight is 429 g/mol. The maximum Gasteiger partial charge on any atom is 0.275 e. The summed E-state index contributed by atoms with van der Waals surface area (Å²) in [4.78, 5) is 24.8. The first-order valence-electron chi connectivity index (χ1n) is 9.03. The number of ether oxygens (including phenoxy) is 1. The number of halogens is 2. The van der Waals surface area contributed by atoms with Gasteiger partial charge in [-0.15, -0.1) is 6.42 Å². The van der Waals surface area contributed by atoms with Crippen LogP contribution in [0.15, 0.2) is 29.5 Å². The van der Waals surface area contributed by atoms with Crippen LogP contribution in [0.2, 0.25) is 0 Å². The van der Waals surface area contributed by atoms with Crippen molar-refractivity contribution < 1.29 is 18.3 Å². The van der Waals surface area contributed by atoms with Crippen molar-refractivity contribution in [2.75, 3.05) is 11.9 Å². The highest BCUT2D eigenvalue weighted by Crippen LogP contribution is 2.57. The molecule has 4 rings (SSSR count). The summed E-state index contributed by atoms with van der Waals surface area (Å²) in [7, 11) is 0. The smallest absolute Gasteiger partial charge is 0.275 e. The van der Waals surface area contributed by atoms with Gasteiger partial charge < -0.3 is 15.8 Å². The van der Waals surface area contributed by atoms with Gasteiger partial charge in [0.25, 0.3) is 5.91 Å². The molecular weight excluding hydrogens is 412 g/mol. The minimum atomic E-state index is -1.09. The highest BCUT2D eigenvalue weighted by atomic mass is 32.2. The third kappa shape index (κ3) is 3.68. The second-order valence-corrected chi connectivity index (χ2v) is 8.36. The lowest BCUT2D eigenvalue weighted by atomic mass is 9.86. The largest absolute Gasteiger partial charge is 0.463 e. The number of amides is 1. The molecule has 0 radical (unpaired) electrons. The van der Waals surface area contributed by atoms with Gasteiger partial charge in [-0.2, -0.15) is 0 Å². The molecular formula is C20H17F2N5O2S. The zero-order valence-electron chi connectivity index (χ0n) is 15.9. The first-order chi connectivity index (χ1) is 14.3. The van der Waals surface area contributed by atoms with Crippen molar-refractivity contribution in [1.29, 1.82) is 0 Å². The van der Waals surface area contributed by atoms with Gasteiger partial charge in [0.1, 0.15) is 5.69 Å². The molecule has 1 fully saturated rings. The van der Waals surface area contributed by atoms with E-state index >= 15 is 0 Å². The zero-order valence-corrected chi connectivity index (χ0v) is 16.7. The lowest BCUT2D eigenvalue weighted by Crippen LogP contribution is -2.32. The van der Waals surface area contributed by atoms with E-state index in [2.05, 4.69) is 26.2 Å². The summed E-state index contributed by atoms with van der Waals surface area (Å²) in [5.74, 6) is -0.223. The van der Waals surface area contributed by atoms with E-state index in [9.17, 15) is 13.6 Å². The quantitative estimate of drug-likeness (QED) is 0.709. The van der Waals surface area contributed by atoms with Gasteiger partial charge in [-0.05, 0) is 19.4 Å². The van der Waals surface area contributed by atoms with Gasteiger partial charge in [-0.1, -0.05) is 17.7 Å². The second kappa shape index (κ2) is 7.57. The van der Waals surface area contributed by atoms with E-state index in [1.165, 1.54) is 30.2 Å². The van der Waals surface area contributed by atoms with Crippen molar-refractivity contribution in [2.24, 2.45) is 16.6 Å². The van der Waals surface area contributed by atoms with Gasteiger partial charge in [0, 0.05) is 28.5 Å². The highest BCUT2D eigenvalue weighted by molar-refractivity contribution is 8.14. The van der Waals surface area contributed by atoms with Gasteiger partial charge in [0.15, 0.2) is 23.4 Å². The number of nitrogens with zero attached hydrogens (tertiary/aromatic N) is 3. The molecule has 1 saturated carbocycles. The van der Waals surface area contributed by atoms with Crippen LogP contribution in [0.3, 0.4) is 0 Å². The van der Waals surface area contributed by atoms with Crippen LogP contribution in [-0.2, 0) is 5.54 Å². The van der Waals surface area contributed by atoms with Gasteiger partial charge >= 0.3 is 0 Å². The minimum absolute atomic E-state index is 0.0178. The summed E-state index contributed by atoms with van der Waals surface area (Å²) in [6.45, 7) is 1.75. The van der Waals surface area contributed by atoms with E-state index in [-0.39, 0.29) is 40.6 Å². The number of rotatable bonds is 5. The number of terminal acetylenes is 1. The van der Waals surface area contributed by atoms with Gasteiger partial charge in [-0.25, -0.2) is 18.7 Å². The topological polar surface area (TPSA) is 102 Å². The average Bonchev–Trinajstić information content (AvgIpc) is 3.49. The molecule has 1 aliphatic heterocycles. The van der Waals surface area contributed by atoms with Crippen molar-refractivity contribution in [3.63, 3.8) is 0 Å². The van der Waals surface area contributed by atoms with E-state index in [1.807, 2.05) is 0 Å². The molecule has 1 aromatic carbocycles. The van der Waals surface area contributed by atoms with E-state index in [1.54, 1.807) is 6.92 Å². The van der Waals surface area contributed by atoms with Gasteiger partial charge in [-0.3, -0.25) is 9.79 Å². The van der Waals surface area contributed by atoms with Gasteiger partial charge in [0.2, 0.25) is 5.88 Å². The number of aromatic nitrogens is 2. The van der Waals surface area contributed by atoms with Crippen LogP contribution < -0.4 is 15.8 Å². The third-order valence-corrected chi connectivity index (χ3v) is 6.22. The van der Waals surface area contributed by atoms with Crippen LogP contribution in [0.25, 0.3) is 0 Å². The first-order valence-corrected chi connectivity index (χ1v) is 9.91. The number of benzene rings is 1. The molecule has 1 aliphatic carbocycles. The molecule has 2 aliphatic rings. The summed E-state index contributed by atoms with van der Waals surface area (Å²) >= 11 is 1.45. The van der Waals surface area contributed by atoms with Crippen molar-refractivity contribution >= 4 is 28.5 Å². The number of thioether (sulfide) groups is 1. The molecule has 1 amide bonds. The molecule has 154 valence electrons. The minimum Gasteiger partial charge on any atom is -0.463 e. The maximum atomic E-state index is 14.7. The number of fused-ring (bicyclic) bond motifs is 1. The molecule has 0 spiro atoms. The molecule has 3 atom stereocenters. The lowest BCUT2D eigenvalue weighted by Gasteiger charge is -2.30. The third-order valence-electron chi connectivity index (χ3n) is 5.06. The summed E-state index contributed by atoms with van der Waals surface area (Å²) in [5.41, 5.74) is 4.98. The number of hydrogen-bond donors (Lipinski definition) is 2. The van der Waals surface area contributed by atoms with Gasteiger partial charge in [0.05, 0.1) is 17.9 Å². The Labute approximate surface area is 175 Å². The standard InChI is InChI=1S/C20H17F2N5O2S/c1-3-4-29-16-9-24-14(8-25-16)18(28)26-10-5-12(17(22)13(21)6-10)20(2)11-7-15(11)30-19(23)27-20/h1,5-6,8-9,11,15H,4,7H2,2H3,(H2,23,27)(H,26,28)/t11-,15?,20+/m1/s1. The maximum absolute atomic E-state index is 14.7. The predicted molar refractivity (Wildman–Crippen MR) is 109 cm³/mol. The van der Waals surface area contributed by atoms with Crippen molar-refractivity contribution in [3.05, 3.63) is 47.4 Å². The number of carbonyl (C=O) groups is 1. The molecule has 2 aromatic rings. The molecule has 3 N–H and O–H groups in total. The fraction of sp³-hybridized carbons (Fsp3) is 0.300. The second-order valence-electron chi connectivity index (χ2n) is 7.10. The Morgan fingerprint density at radius 2 is 2.23 bits per heavy atom. The Kier molecular flexibility index (Phi) is 5.07. The molecule has 1 aromatic heterocycles. The lowest BCUT2D eigenvalue weighted by molar-refractivity contribution is 0.102. The Morgan fingerprint density at radius 3 is 2.93 bits per heavy atom.